The summed E-state index contributed by atoms with van der Waals surface area (Å²) in [6.07, 6.45) is 1.97. The minimum Gasteiger partial charge on any atom is -0.481 e. The van der Waals surface area contributed by atoms with Crippen molar-refractivity contribution in [3.63, 3.8) is 0 Å². The molecule has 1 aliphatic heterocycles. The zero-order chi connectivity index (χ0) is 24.4. The maximum Gasteiger partial charge on any atom is 0.303 e. The van der Waals surface area contributed by atoms with E-state index in [1.54, 1.807) is 0 Å². The predicted octanol–water partition coefficient (Wildman–Crippen LogP) is 5.87. The molecule has 1 aliphatic rings. The first-order valence-corrected chi connectivity index (χ1v) is 11.5. The summed E-state index contributed by atoms with van der Waals surface area (Å²) in [5.74, 6) is -1.32. The van der Waals surface area contributed by atoms with Crippen LogP contribution in [0.25, 0.3) is 11.1 Å². The van der Waals surface area contributed by atoms with E-state index in [0.29, 0.717) is 11.4 Å². The van der Waals surface area contributed by atoms with E-state index < -0.39 is 5.97 Å². The van der Waals surface area contributed by atoms with Gasteiger partial charge in [0.15, 0.2) is 0 Å². The SMILES string of the molecule is Cc1ccc(C2CC(c3cnc(C)c(C)c3-c3ccc(Cl)cc3)=NN2C(=O)CCC(=O)O)cc1. The molecule has 0 radical (unpaired) electrons. The molecule has 0 bridgehead atoms. The van der Waals surface area contributed by atoms with E-state index in [0.717, 1.165) is 44.8 Å². The number of aliphatic carboxylic acids is 1. The van der Waals surface area contributed by atoms with Crippen molar-refractivity contribution in [3.05, 3.63) is 87.7 Å². The number of carbonyl (C=O) groups excluding carboxylic acids is 1. The quantitative estimate of drug-likeness (QED) is 0.483. The Morgan fingerprint density at radius 3 is 2.35 bits per heavy atom. The van der Waals surface area contributed by atoms with Gasteiger partial charge in [-0.15, -0.1) is 0 Å². The lowest BCUT2D eigenvalue weighted by molar-refractivity contribution is -0.141. The molecule has 2 heterocycles. The molecule has 174 valence electrons. The molecule has 34 heavy (non-hydrogen) atoms. The summed E-state index contributed by atoms with van der Waals surface area (Å²) in [5, 5.41) is 15.9. The Kier molecular flexibility index (Phi) is 6.80. The average molecular weight is 476 g/mol. The van der Waals surface area contributed by atoms with Crippen LogP contribution in [0.3, 0.4) is 0 Å². The van der Waals surface area contributed by atoms with Crippen LogP contribution in [0.4, 0.5) is 0 Å². The molecular formula is C27H26ClN3O3. The van der Waals surface area contributed by atoms with E-state index in [2.05, 4.69) is 4.98 Å². The molecule has 0 saturated heterocycles. The Bertz CT molecular complexity index is 1270. The summed E-state index contributed by atoms with van der Waals surface area (Å²) in [5.41, 5.74) is 7.62. The number of hydrazone groups is 1. The van der Waals surface area contributed by atoms with E-state index in [1.165, 1.54) is 5.01 Å². The highest BCUT2D eigenvalue weighted by molar-refractivity contribution is 6.30. The fourth-order valence-corrected chi connectivity index (χ4v) is 4.32. The number of aryl methyl sites for hydroxylation is 2. The summed E-state index contributed by atoms with van der Waals surface area (Å²) >= 11 is 6.12. The fourth-order valence-electron chi connectivity index (χ4n) is 4.19. The number of pyridine rings is 1. The Morgan fingerprint density at radius 1 is 1.03 bits per heavy atom. The maximum atomic E-state index is 13.0. The van der Waals surface area contributed by atoms with Crippen LogP contribution in [0.15, 0.2) is 59.8 Å². The molecule has 1 aromatic heterocycles. The molecule has 4 rings (SSSR count). The molecule has 0 aliphatic carbocycles. The molecule has 0 spiro atoms. The van der Waals surface area contributed by atoms with Crippen LogP contribution in [0.5, 0.6) is 0 Å². The topological polar surface area (TPSA) is 82.9 Å². The molecule has 6 nitrogen and oxygen atoms in total. The summed E-state index contributed by atoms with van der Waals surface area (Å²) in [4.78, 5) is 28.7. The molecule has 1 unspecified atom stereocenters. The molecular weight excluding hydrogens is 450 g/mol. The summed E-state index contributed by atoms with van der Waals surface area (Å²) < 4.78 is 0. The van der Waals surface area contributed by atoms with Gasteiger partial charge in [-0.05, 0) is 55.2 Å². The van der Waals surface area contributed by atoms with Crippen LogP contribution in [0.1, 0.15) is 53.3 Å². The van der Waals surface area contributed by atoms with E-state index in [-0.39, 0.29) is 24.8 Å². The predicted molar refractivity (Wildman–Crippen MR) is 133 cm³/mol. The smallest absolute Gasteiger partial charge is 0.303 e. The molecule has 1 amide bonds. The van der Waals surface area contributed by atoms with E-state index in [4.69, 9.17) is 21.8 Å². The van der Waals surface area contributed by atoms with Crippen molar-refractivity contribution >= 4 is 29.2 Å². The second kappa shape index (κ2) is 9.77. The molecule has 7 heteroatoms. The Balaban J connectivity index is 1.79. The number of carbonyl (C=O) groups is 2. The van der Waals surface area contributed by atoms with Crippen LogP contribution < -0.4 is 0 Å². The van der Waals surface area contributed by atoms with Crippen molar-refractivity contribution in [2.45, 2.75) is 46.1 Å². The minimum atomic E-state index is -1.01. The van der Waals surface area contributed by atoms with Crippen molar-refractivity contribution in [2.75, 3.05) is 0 Å². The van der Waals surface area contributed by atoms with Gasteiger partial charge in [-0.2, -0.15) is 5.10 Å². The zero-order valence-corrected chi connectivity index (χ0v) is 20.1. The molecule has 2 aromatic carbocycles. The second-order valence-electron chi connectivity index (χ2n) is 8.57. The standard InChI is InChI=1S/C27H26ClN3O3/c1-16-4-6-19(7-5-16)24-14-23(30-31(24)25(32)12-13-26(33)34)22-15-29-18(3)17(2)27(22)20-8-10-21(28)11-9-20/h4-11,15,24H,12-14H2,1-3H3,(H,33,34). The second-order valence-corrected chi connectivity index (χ2v) is 9.01. The van der Waals surface area contributed by atoms with E-state index in [1.807, 2.05) is 75.5 Å². The third-order valence-corrected chi connectivity index (χ3v) is 6.45. The first kappa shape index (κ1) is 23.6. The summed E-state index contributed by atoms with van der Waals surface area (Å²) in [6.45, 7) is 6.00. The minimum absolute atomic E-state index is 0.107. The van der Waals surface area contributed by atoms with E-state index in [9.17, 15) is 9.59 Å². The van der Waals surface area contributed by atoms with Gasteiger partial charge in [-0.3, -0.25) is 14.6 Å². The Morgan fingerprint density at radius 2 is 1.71 bits per heavy atom. The number of amides is 1. The number of carboxylic acid groups (broad SMARTS) is 1. The van der Waals surface area contributed by atoms with Crippen molar-refractivity contribution in [1.82, 2.24) is 9.99 Å². The van der Waals surface area contributed by atoms with Gasteiger partial charge in [-0.1, -0.05) is 53.6 Å². The summed E-state index contributed by atoms with van der Waals surface area (Å²) in [6, 6.07) is 15.3. The van der Waals surface area contributed by atoms with Gasteiger partial charge >= 0.3 is 5.97 Å². The molecule has 3 aromatic rings. The number of hydrogen-bond acceptors (Lipinski definition) is 4. The average Bonchev–Trinajstić information content (AvgIpc) is 3.26. The third-order valence-electron chi connectivity index (χ3n) is 6.20. The normalized spacial score (nSPS) is 15.4. The van der Waals surface area contributed by atoms with Gasteiger partial charge in [0.1, 0.15) is 0 Å². The zero-order valence-electron chi connectivity index (χ0n) is 19.4. The van der Waals surface area contributed by atoms with Crippen LogP contribution in [-0.4, -0.2) is 32.7 Å². The maximum absolute atomic E-state index is 13.0. The number of benzene rings is 2. The van der Waals surface area contributed by atoms with Gasteiger partial charge in [-0.25, -0.2) is 5.01 Å². The van der Waals surface area contributed by atoms with Crippen LogP contribution in [0.2, 0.25) is 5.02 Å². The number of carboxylic acids is 1. The van der Waals surface area contributed by atoms with Crippen molar-refractivity contribution in [1.29, 1.82) is 0 Å². The first-order valence-electron chi connectivity index (χ1n) is 11.1. The largest absolute Gasteiger partial charge is 0.481 e. The van der Waals surface area contributed by atoms with E-state index >= 15 is 0 Å². The van der Waals surface area contributed by atoms with Crippen LogP contribution >= 0.6 is 11.6 Å². The lowest BCUT2D eigenvalue weighted by atomic mass is 9.90. The van der Waals surface area contributed by atoms with Crippen LogP contribution in [-0.2, 0) is 9.59 Å². The van der Waals surface area contributed by atoms with Gasteiger partial charge in [0, 0.05) is 35.3 Å². The highest BCUT2D eigenvalue weighted by Crippen LogP contribution is 2.37. The fraction of sp³-hybridized carbons (Fsp3) is 0.259. The number of nitrogens with zero attached hydrogens (tertiary/aromatic N) is 3. The highest BCUT2D eigenvalue weighted by atomic mass is 35.5. The van der Waals surface area contributed by atoms with Crippen molar-refractivity contribution in [2.24, 2.45) is 5.10 Å². The first-order chi connectivity index (χ1) is 16.2. The third kappa shape index (κ3) is 4.87. The lowest BCUT2D eigenvalue weighted by Gasteiger charge is -2.22. The van der Waals surface area contributed by atoms with Crippen molar-refractivity contribution in [3.8, 4) is 11.1 Å². The Hall–Kier alpha value is -3.51. The van der Waals surface area contributed by atoms with Gasteiger partial charge in [0.25, 0.3) is 0 Å². The molecule has 1 N–H and O–H groups in total. The number of hydrogen-bond donors (Lipinski definition) is 1. The van der Waals surface area contributed by atoms with Crippen molar-refractivity contribution < 1.29 is 14.7 Å². The Labute approximate surface area is 203 Å². The molecule has 1 atom stereocenters. The highest BCUT2D eigenvalue weighted by Gasteiger charge is 2.34. The number of rotatable bonds is 6. The van der Waals surface area contributed by atoms with Gasteiger partial charge in [0.05, 0.1) is 18.2 Å². The number of aromatic nitrogens is 1. The molecule has 0 saturated carbocycles. The van der Waals surface area contributed by atoms with Gasteiger partial charge < -0.3 is 5.11 Å². The monoisotopic (exact) mass is 475 g/mol. The van der Waals surface area contributed by atoms with Crippen LogP contribution in [0, 0.1) is 20.8 Å². The lowest BCUT2D eigenvalue weighted by Crippen LogP contribution is -2.27. The summed E-state index contributed by atoms with van der Waals surface area (Å²) in [7, 11) is 0. The molecule has 0 fully saturated rings. The number of halogens is 1. The van der Waals surface area contributed by atoms with Gasteiger partial charge in [0.2, 0.25) is 5.91 Å².